The predicted octanol–water partition coefficient (Wildman–Crippen LogP) is 1.30. The van der Waals surface area contributed by atoms with Crippen LogP contribution < -0.4 is 0 Å². The number of carbonyl (C=O) groups is 2. The standard InChI is InChI=1S/C11H14N2O4S/c1-4-18-6-8-12-5-7(10(14)16-2)9(13-8)11(15)17-3/h5H,4,6H2,1-3H3. The van der Waals surface area contributed by atoms with Crippen LogP contribution in [0.5, 0.6) is 0 Å². The van der Waals surface area contributed by atoms with Crippen LogP contribution >= 0.6 is 11.8 Å². The fraction of sp³-hybridized carbons (Fsp3) is 0.455. The molecule has 1 aromatic rings. The van der Waals surface area contributed by atoms with Gasteiger partial charge in [-0.2, -0.15) is 11.8 Å². The van der Waals surface area contributed by atoms with Crippen LogP contribution in [0.2, 0.25) is 0 Å². The van der Waals surface area contributed by atoms with Crippen molar-refractivity contribution >= 4 is 23.7 Å². The SMILES string of the molecule is CCSCc1ncc(C(=O)OC)c(C(=O)OC)n1. The molecule has 1 aromatic heterocycles. The van der Waals surface area contributed by atoms with E-state index in [0.717, 1.165) is 5.75 Å². The number of methoxy groups -OCH3 is 2. The zero-order valence-electron chi connectivity index (χ0n) is 10.4. The van der Waals surface area contributed by atoms with E-state index >= 15 is 0 Å². The first-order chi connectivity index (χ1) is 8.63. The number of aromatic nitrogens is 2. The molecule has 18 heavy (non-hydrogen) atoms. The Hall–Kier alpha value is -1.63. The summed E-state index contributed by atoms with van der Waals surface area (Å²) in [7, 11) is 2.45. The molecule has 0 saturated carbocycles. The molecule has 0 radical (unpaired) electrons. The van der Waals surface area contributed by atoms with Gasteiger partial charge in [0.05, 0.1) is 20.0 Å². The fourth-order valence-corrected chi connectivity index (χ4v) is 1.72. The number of carbonyl (C=O) groups excluding carboxylic acids is 2. The number of nitrogens with zero attached hydrogens (tertiary/aromatic N) is 2. The second kappa shape index (κ2) is 6.95. The van der Waals surface area contributed by atoms with Crippen LogP contribution in [0.25, 0.3) is 0 Å². The van der Waals surface area contributed by atoms with E-state index in [4.69, 9.17) is 0 Å². The molecule has 0 fully saturated rings. The van der Waals surface area contributed by atoms with Gasteiger partial charge in [0.15, 0.2) is 5.69 Å². The molecule has 7 heteroatoms. The topological polar surface area (TPSA) is 78.4 Å². The summed E-state index contributed by atoms with van der Waals surface area (Å²) in [4.78, 5) is 31.1. The molecule has 0 aliphatic rings. The van der Waals surface area contributed by atoms with Crippen molar-refractivity contribution in [3.8, 4) is 0 Å². The number of thioether (sulfide) groups is 1. The lowest BCUT2D eigenvalue weighted by atomic mass is 10.2. The molecule has 98 valence electrons. The highest BCUT2D eigenvalue weighted by Crippen LogP contribution is 2.12. The quantitative estimate of drug-likeness (QED) is 0.746. The third kappa shape index (κ3) is 3.43. The molecule has 6 nitrogen and oxygen atoms in total. The second-order valence-electron chi connectivity index (χ2n) is 3.17. The van der Waals surface area contributed by atoms with Gasteiger partial charge < -0.3 is 9.47 Å². The van der Waals surface area contributed by atoms with E-state index in [-0.39, 0.29) is 11.3 Å². The summed E-state index contributed by atoms with van der Waals surface area (Å²) < 4.78 is 9.15. The van der Waals surface area contributed by atoms with Crippen molar-refractivity contribution in [2.45, 2.75) is 12.7 Å². The first kappa shape index (κ1) is 14.4. The minimum absolute atomic E-state index is 0.00889. The van der Waals surface area contributed by atoms with Crippen LogP contribution in [0.1, 0.15) is 33.6 Å². The Balaban J connectivity index is 3.12. The molecule has 0 N–H and O–H groups in total. The Morgan fingerprint density at radius 1 is 1.28 bits per heavy atom. The molecular weight excluding hydrogens is 256 g/mol. The summed E-state index contributed by atoms with van der Waals surface area (Å²) in [6, 6.07) is 0. The lowest BCUT2D eigenvalue weighted by molar-refractivity contribution is 0.0548. The summed E-state index contributed by atoms with van der Waals surface area (Å²) in [6.45, 7) is 2.01. The van der Waals surface area contributed by atoms with Crippen molar-refractivity contribution in [1.29, 1.82) is 0 Å². The van der Waals surface area contributed by atoms with E-state index in [1.165, 1.54) is 20.4 Å². The molecule has 0 spiro atoms. The second-order valence-corrected chi connectivity index (χ2v) is 4.44. The number of ether oxygens (including phenoxy) is 2. The van der Waals surface area contributed by atoms with Crippen LogP contribution in [-0.4, -0.2) is 41.9 Å². The molecule has 1 rings (SSSR count). The molecule has 0 aliphatic heterocycles. The molecule has 0 unspecified atom stereocenters. The lowest BCUT2D eigenvalue weighted by Crippen LogP contribution is -2.16. The average Bonchev–Trinajstić information content (AvgIpc) is 2.43. The van der Waals surface area contributed by atoms with Crippen molar-refractivity contribution in [2.75, 3.05) is 20.0 Å². The molecular formula is C11H14N2O4S. The molecule has 0 aliphatic carbocycles. The van der Waals surface area contributed by atoms with Gasteiger partial charge in [0, 0.05) is 6.20 Å². The number of hydrogen-bond donors (Lipinski definition) is 0. The Kier molecular flexibility index (Phi) is 5.57. The summed E-state index contributed by atoms with van der Waals surface area (Å²) in [5, 5.41) is 0. The van der Waals surface area contributed by atoms with E-state index in [9.17, 15) is 9.59 Å². The average molecular weight is 270 g/mol. The monoisotopic (exact) mass is 270 g/mol. The molecule has 0 amide bonds. The number of rotatable bonds is 5. The normalized spacial score (nSPS) is 9.94. The fourth-order valence-electron chi connectivity index (χ4n) is 1.19. The van der Waals surface area contributed by atoms with Crippen LogP contribution in [0.15, 0.2) is 6.20 Å². The van der Waals surface area contributed by atoms with Crippen molar-refractivity contribution in [1.82, 2.24) is 9.97 Å². The van der Waals surface area contributed by atoms with Crippen molar-refractivity contribution < 1.29 is 19.1 Å². The smallest absolute Gasteiger partial charge is 0.357 e. The molecule has 1 heterocycles. The zero-order valence-corrected chi connectivity index (χ0v) is 11.2. The van der Waals surface area contributed by atoms with E-state index < -0.39 is 11.9 Å². The van der Waals surface area contributed by atoms with Crippen LogP contribution in [0.4, 0.5) is 0 Å². The van der Waals surface area contributed by atoms with E-state index in [2.05, 4.69) is 19.4 Å². The maximum atomic E-state index is 11.6. The maximum Gasteiger partial charge on any atom is 0.357 e. The Bertz CT molecular complexity index is 451. The van der Waals surface area contributed by atoms with Gasteiger partial charge in [0.2, 0.25) is 0 Å². The first-order valence-electron chi connectivity index (χ1n) is 5.24. The summed E-state index contributed by atoms with van der Waals surface area (Å²) >= 11 is 1.62. The van der Waals surface area contributed by atoms with Crippen LogP contribution in [-0.2, 0) is 15.2 Å². The number of esters is 2. The number of hydrogen-bond acceptors (Lipinski definition) is 7. The van der Waals surface area contributed by atoms with Gasteiger partial charge in [0.25, 0.3) is 0 Å². The first-order valence-corrected chi connectivity index (χ1v) is 6.39. The minimum atomic E-state index is -0.680. The lowest BCUT2D eigenvalue weighted by Gasteiger charge is -2.06. The largest absolute Gasteiger partial charge is 0.465 e. The summed E-state index contributed by atoms with van der Waals surface area (Å²) in [5.41, 5.74) is -0.0550. The van der Waals surface area contributed by atoms with Gasteiger partial charge in [-0.25, -0.2) is 19.6 Å². The highest BCUT2D eigenvalue weighted by Gasteiger charge is 2.21. The minimum Gasteiger partial charge on any atom is -0.465 e. The molecule has 0 atom stereocenters. The molecule has 0 bridgehead atoms. The summed E-state index contributed by atoms with van der Waals surface area (Å²) in [5.74, 6) is 0.623. The molecule has 0 aromatic carbocycles. The van der Waals surface area contributed by atoms with Crippen molar-refractivity contribution in [3.05, 3.63) is 23.3 Å². The van der Waals surface area contributed by atoms with Crippen molar-refractivity contribution in [3.63, 3.8) is 0 Å². The zero-order chi connectivity index (χ0) is 13.5. The highest BCUT2D eigenvalue weighted by atomic mass is 32.2. The van der Waals surface area contributed by atoms with E-state index in [0.29, 0.717) is 11.6 Å². The Morgan fingerprint density at radius 3 is 2.50 bits per heavy atom. The van der Waals surface area contributed by atoms with Crippen LogP contribution in [0, 0.1) is 0 Å². The molecule has 0 saturated heterocycles. The van der Waals surface area contributed by atoms with E-state index in [1.54, 1.807) is 11.8 Å². The van der Waals surface area contributed by atoms with Gasteiger partial charge in [-0.1, -0.05) is 6.92 Å². The maximum absolute atomic E-state index is 11.6. The predicted molar refractivity (Wildman–Crippen MR) is 66.5 cm³/mol. The highest BCUT2D eigenvalue weighted by molar-refractivity contribution is 7.98. The Morgan fingerprint density at radius 2 is 1.94 bits per heavy atom. The van der Waals surface area contributed by atoms with Crippen LogP contribution in [0.3, 0.4) is 0 Å². The third-order valence-electron chi connectivity index (χ3n) is 2.06. The van der Waals surface area contributed by atoms with Crippen molar-refractivity contribution in [2.24, 2.45) is 0 Å². The van der Waals surface area contributed by atoms with Gasteiger partial charge >= 0.3 is 11.9 Å². The van der Waals surface area contributed by atoms with Gasteiger partial charge in [-0.3, -0.25) is 0 Å². The van der Waals surface area contributed by atoms with Gasteiger partial charge in [-0.05, 0) is 5.75 Å². The van der Waals surface area contributed by atoms with Gasteiger partial charge in [0.1, 0.15) is 11.4 Å². The Labute approximate surface area is 109 Å². The van der Waals surface area contributed by atoms with E-state index in [1.807, 2.05) is 6.92 Å². The van der Waals surface area contributed by atoms with Gasteiger partial charge in [-0.15, -0.1) is 0 Å². The third-order valence-corrected chi connectivity index (χ3v) is 2.93. The summed E-state index contributed by atoms with van der Waals surface area (Å²) in [6.07, 6.45) is 1.29.